The Hall–Kier alpha value is -1.07. The van der Waals surface area contributed by atoms with Crippen molar-refractivity contribution in [1.29, 1.82) is 0 Å². The first-order valence-corrected chi connectivity index (χ1v) is 7.44. The zero-order valence-electron chi connectivity index (χ0n) is 12.5. The minimum atomic E-state index is -0.198. The van der Waals surface area contributed by atoms with Crippen LogP contribution in [-0.2, 0) is 4.74 Å². The molecule has 0 spiro atoms. The van der Waals surface area contributed by atoms with E-state index in [1.807, 2.05) is 13.8 Å². The fourth-order valence-electron chi connectivity index (χ4n) is 1.51. The van der Waals surface area contributed by atoms with E-state index in [-0.39, 0.29) is 5.60 Å². The first-order chi connectivity index (χ1) is 8.98. The van der Waals surface area contributed by atoms with Crippen molar-refractivity contribution in [2.24, 2.45) is 4.99 Å². The van der Waals surface area contributed by atoms with Crippen LogP contribution >= 0.6 is 11.3 Å². The summed E-state index contributed by atoms with van der Waals surface area (Å²) in [5.74, 6) is 1.28. The van der Waals surface area contributed by atoms with Crippen LogP contribution in [0.5, 0.6) is 0 Å². The summed E-state index contributed by atoms with van der Waals surface area (Å²) >= 11 is 1.73. The highest BCUT2D eigenvalue weighted by atomic mass is 32.1. The van der Waals surface area contributed by atoms with E-state index in [2.05, 4.69) is 39.4 Å². The predicted molar refractivity (Wildman–Crippen MR) is 83.2 cm³/mol. The summed E-state index contributed by atoms with van der Waals surface area (Å²) in [6.07, 6.45) is 0. The number of hydrogen-bond acceptors (Lipinski definition) is 3. The monoisotopic (exact) mass is 283 g/mol. The standard InChI is InChI=1S/C14H25N3OS/c1-11(12-6-7-19-9-12)8-16-13(15-4)17-10-14(2,3)18-5/h6-7,9,11H,8,10H2,1-5H3,(H2,15,16,17). The van der Waals surface area contributed by atoms with Gasteiger partial charge < -0.3 is 15.4 Å². The van der Waals surface area contributed by atoms with Crippen LogP contribution in [0.4, 0.5) is 0 Å². The Kier molecular flexibility index (Phi) is 6.31. The number of aliphatic imine (C=N–C) groups is 1. The molecule has 0 bridgehead atoms. The van der Waals surface area contributed by atoms with Gasteiger partial charge in [-0.15, -0.1) is 0 Å². The fraction of sp³-hybridized carbons (Fsp3) is 0.643. The number of methoxy groups -OCH3 is 1. The van der Waals surface area contributed by atoms with Gasteiger partial charge in [-0.1, -0.05) is 6.92 Å². The molecule has 0 aliphatic rings. The molecular weight excluding hydrogens is 258 g/mol. The van der Waals surface area contributed by atoms with Gasteiger partial charge in [-0.25, -0.2) is 0 Å². The van der Waals surface area contributed by atoms with Crippen molar-refractivity contribution in [3.05, 3.63) is 22.4 Å². The van der Waals surface area contributed by atoms with Crippen LogP contribution in [0.2, 0.25) is 0 Å². The van der Waals surface area contributed by atoms with E-state index in [9.17, 15) is 0 Å². The van der Waals surface area contributed by atoms with Gasteiger partial charge in [0, 0.05) is 27.2 Å². The van der Waals surface area contributed by atoms with Crippen molar-refractivity contribution in [2.75, 3.05) is 27.2 Å². The molecule has 2 N–H and O–H groups in total. The molecule has 108 valence electrons. The van der Waals surface area contributed by atoms with Crippen LogP contribution in [0.1, 0.15) is 32.3 Å². The summed E-state index contributed by atoms with van der Waals surface area (Å²) in [7, 11) is 3.50. The Labute approximate surface area is 120 Å². The summed E-state index contributed by atoms with van der Waals surface area (Å²) in [4.78, 5) is 4.22. The summed E-state index contributed by atoms with van der Waals surface area (Å²) < 4.78 is 5.37. The average molecular weight is 283 g/mol. The summed E-state index contributed by atoms with van der Waals surface area (Å²) in [6.45, 7) is 7.88. The Morgan fingerprint density at radius 1 is 1.47 bits per heavy atom. The van der Waals surface area contributed by atoms with E-state index in [0.29, 0.717) is 5.92 Å². The van der Waals surface area contributed by atoms with Crippen molar-refractivity contribution in [1.82, 2.24) is 10.6 Å². The van der Waals surface area contributed by atoms with Gasteiger partial charge in [0.25, 0.3) is 0 Å². The zero-order chi connectivity index (χ0) is 14.3. The highest BCUT2D eigenvalue weighted by Crippen LogP contribution is 2.16. The molecule has 0 amide bonds. The first-order valence-electron chi connectivity index (χ1n) is 6.50. The molecule has 0 aliphatic carbocycles. The molecule has 0 saturated heterocycles. The van der Waals surface area contributed by atoms with Gasteiger partial charge in [-0.2, -0.15) is 11.3 Å². The highest BCUT2D eigenvalue weighted by Gasteiger charge is 2.16. The van der Waals surface area contributed by atoms with E-state index in [4.69, 9.17) is 4.74 Å². The lowest BCUT2D eigenvalue weighted by Crippen LogP contribution is -2.46. The average Bonchev–Trinajstić information content (AvgIpc) is 2.92. The molecule has 1 unspecified atom stereocenters. The van der Waals surface area contributed by atoms with E-state index >= 15 is 0 Å². The Bertz CT molecular complexity index is 387. The predicted octanol–water partition coefficient (Wildman–Crippen LogP) is 2.44. The van der Waals surface area contributed by atoms with E-state index in [1.54, 1.807) is 25.5 Å². The maximum absolute atomic E-state index is 5.37. The van der Waals surface area contributed by atoms with Crippen LogP contribution in [0.25, 0.3) is 0 Å². The van der Waals surface area contributed by atoms with Crippen molar-refractivity contribution in [3.8, 4) is 0 Å². The minimum absolute atomic E-state index is 0.198. The Morgan fingerprint density at radius 3 is 2.74 bits per heavy atom. The fourth-order valence-corrected chi connectivity index (χ4v) is 2.29. The van der Waals surface area contributed by atoms with Crippen LogP contribution in [0.15, 0.2) is 21.8 Å². The van der Waals surface area contributed by atoms with Gasteiger partial charge in [-0.05, 0) is 42.2 Å². The second-order valence-corrected chi connectivity index (χ2v) is 6.01. The van der Waals surface area contributed by atoms with Gasteiger partial charge in [0.05, 0.1) is 5.60 Å². The lowest BCUT2D eigenvalue weighted by Gasteiger charge is -2.24. The number of hydrogen-bond donors (Lipinski definition) is 2. The van der Waals surface area contributed by atoms with Crippen LogP contribution in [-0.4, -0.2) is 38.8 Å². The summed E-state index contributed by atoms with van der Waals surface area (Å²) in [5.41, 5.74) is 1.17. The van der Waals surface area contributed by atoms with Crippen molar-refractivity contribution in [3.63, 3.8) is 0 Å². The largest absolute Gasteiger partial charge is 0.377 e. The second kappa shape index (κ2) is 7.50. The smallest absolute Gasteiger partial charge is 0.191 e. The molecule has 5 heteroatoms. The van der Waals surface area contributed by atoms with Crippen molar-refractivity contribution >= 4 is 17.3 Å². The van der Waals surface area contributed by atoms with E-state index in [0.717, 1.165) is 19.0 Å². The second-order valence-electron chi connectivity index (χ2n) is 5.23. The molecule has 1 aromatic heterocycles. The third-order valence-corrected chi connectivity index (χ3v) is 3.85. The number of ether oxygens (including phenoxy) is 1. The molecule has 0 aromatic carbocycles. The molecular formula is C14H25N3OS. The number of thiophene rings is 1. The molecule has 0 saturated carbocycles. The number of nitrogens with one attached hydrogen (secondary N) is 2. The Balaban J connectivity index is 2.37. The van der Waals surface area contributed by atoms with Crippen LogP contribution < -0.4 is 10.6 Å². The molecule has 4 nitrogen and oxygen atoms in total. The van der Waals surface area contributed by atoms with Crippen LogP contribution in [0.3, 0.4) is 0 Å². The molecule has 1 heterocycles. The zero-order valence-corrected chi connectivity index (χ0v) is 13.3. The third kappa shape index (κ3) is 5.61. The van der Waals surface area contributed by atoms with Crippen molar-refractivity contribution in [2.45, 2.75) is 32.3 Å². The van der Waals surface area contributed by atoms with Gasteiger partial charge in [-0.3, -0.25) is 4.99 Å². The normalized spacial score (nSPS) is 14.3. The quantitative estimate of drug-likeness (QED) is 0.622. The summed E-state index contributed by atoms with van der Waals surface area (Å²) in [5, 5.41) is 10.9. The highest BCUT2D eigenvalue weighted by molar-refractivity contribution is 7.07. The van der Waals surface area contributed by atoms with Gasteiger partial charge in [0.15, 0.2) is 5.96 Å². The minimum Gasteiger partial charge on any atom is -0.377 e. The van der Waals surface area contributed by atoms with E-state index < -0.39 is 0 Å². The molecule has 19 heavy (non-hydrogen) atoms. The SMILES string of the molecule is CN=C(NCC(C)c1ccsc1)NCC(C)(C)OC. The maximum atomic E-state index is 5.37. The third-order valence-electron chi connectivity index (χ3n) is 3.15. The van der Waals surface area contributed by atoms with Gasteiger partial charge >= 0.3 is 0 Å². The lowest BCUT2D eigenvalue weighted by molar-refractivity contribution is 0.0268. The molecule has 1 rings (SSSR count). The maximum Gasteiger partial charge on any atom is 0.191 e. The van der Waals surface area contributed by atoms with Gasteiger partial charge in [0.2, 0.25) is 0 Å². The number of guanidine groups is 1. The van der Waals surface area contributed by atoms with E-state index in [1.165, 1.54) is 5.56 Å². The lowest BCUT2D eigenvalue weighted by atomic mass is 10.1. The number of rotatable bonds is 6. The molecule has 1 atom stereocenters. The summed E-state index contributed by atoms with van der Waals surface area (Å²) in [6, 6.07) is 2.17. The first kappa shape index (κ1) is 16.0. The topological polar surface area (TPSA) is 45.7 Å². The number of nitrogens with zero attached hydrogens (tertiary/aromatic N) is 1. The van der Waals surface area contributed by atoms with Gasteiger partial charge in [0.1, 0.15) is 0 Å². The molecule has 0 fully saturated rings. The molecule has 1 aromatic rings. The van der Waals surface area contributed by atoms with Crippen LogP contribution in [0, 0.1) is 0 Å². The molecule has 0 radical (unpaired) electrons. The Morgan fingerprint density at radius 2 is 2.21 bits per heavy atom. The molecule has 0 aliphatic heterocycles. The van der Waals surface area contributed by atoms with Crippen molar-refractivity contribution < 1.29 is 4.74 Å².